The first-order chi connectivity index (χ1) is 16.8. The van der Waals surface area contributed by atoms with Crippen molar-refractivity contribution in [3.05, 3.63) is 0 Å². The van der Waals surface area contributed by atoms with Crippen LogP contribution in [0.5, 0.6) is 0 Å². The number of amides is 3. The molecule has 3 amide bonds. The molecular formula is C19H38N10O7. The van der Waals surface area contributed by atoms with Crippen molar-refractivity contribution in [3.63, 3.8) is 0 Å². The molecule has 16 N–H and O–H groups in total. The van der Waals surface area contributed by atoms with E-state index in [2.05, 4.69) is 25.9 Å². The number of hydrogen-bond acceptors (Lipinski definition) is 9. The summed E-state index contributed by atoms with van der Waals surface area (Å²) >= 11 is 0. The summed E-state index contributed by atoms with van der Waals surface area (Å²) in [6.07, 6.45) is -0.937. The van der Waals surface area contributed by atoms with Gasteiger partial charge >= 0.3 is 5.97 Å². The van der Waals surface area contributed by atoms with Gasteiger partial charge in [-0.15, -0.1) is 0 Å². The van der Waals surface area contributed by atoms with Gasteiger partial charge in [-0.25, -0.2) is 4.79 Å². The second-order valence-electron chi connectivity index (χ2n) is 7.87. The normalized spacial score (nSPS) is 14.8. The number of aliphatic carboxylic acids is 1. The molecule has 0 radical (unpaired) electrons. The number of aliphatic hydroxyl groups excluding tert-OH is 2. The third kappa shape index (κ3) is 13.3. The molecule has 0 saturated heterocycles. The first-order valence-corrected chi connectivity index (χ1v) is 11.1. The fourth-order valence-electron chi connectivity index (χ4n) is 2.82. The van der Waals surface area contributed by atoms with Crippen LogP contribution in [0.25, 0.3) is 0 Å². The summed E-state index contributed by atoms with van der Waals surface area (Å²) in [4.78, 5) is 56.8. The Kier molecular flexibility index (Phi) is 15.1. The summed E-state index contributed by atoms with van der Waals surface area (Å²) in [5, 5.41) is 35.4. The number of carbonyl (C=O) groups excluding carboxylic acids is 3. The Hall–Kier alpha value is -3.70. The lowest BCUT2D eigenvalue weighted by Gasteiger charge is -2.26. The van der Waals surface area contributed by atoms with Crippen LogP contribution >= 0.6 is 0 Å². The summed E-state index contributed by atoms with van der Waals surface area (Å²) < 4.78 is 0. The zero-order valence-electron chi connectivity index (χ0n) is 20.1. The lowest BCUT2D eigenvalue weighted by molar-refractivity contribution is -0.142. The summed E-state index contributed by atoms with van der Waals surface area (Å²) in [5.41, 5.74) is 26.4. The molecule has 0 saturated carbocycles. The molecule has 17 heteroatoms. The number of aliphatic hydroxyl groups is 2. The van der Waals surface area contributed by atoms with Gasteiger partial charge in [0.2, 0.25) is 17.7 Å². The van der Waals surface area contributed by atoms with E-state index in [1.54, 1.807) is 0 Å². The first kappa shape index (κ1) is 32.3. The number of nitrogens with two attached hydrogens (primary N) is 5. The molecule has 206 valence electrons. The topological polar surface area (TPSA) is 320 Å². The van der Waals surface area contributed by atoms with Crippen LogP contribution < -0.4 is 44.6 Å². The van der Waals surface area contributed by atoms with Crippen molar-refractivity contribution >= 4 is 35.6 Å². The van der Waals surface area contributed by atoms with Gasteiger partial charge < -0.3 is 59.9 Å². The quantitative estimate of drug-likeness (QED) is 0.0487. The van der Waals surface area contributed by atoms with Gasteiger partial charge in [-0.05, 0) is 32.6 Å². The second-order valence-corrected chi connectivity index (χ2v) is 7.87. The smallest absolute Gasteiger partial charge is 0.326 e. The lowest BCUT2D eigenvalue weighted by Crippen LogP contribution is -2.60. The molecule has 0 heterocycles. The van der Waals surface area contributed by atoms with Crippen LogP contribution in [0.15, 0.2) is 9.98 Å². The predicted octanol–water partition coefficient (Wildman–Crippen LogP) is -5.67. The molecule has 0 aromatic rings. The molecule has 5 unspecified atom stereocenters. The van der Waals surface area contributed by atoms with Crippen molar-refractivity contribution in [2.24, 2.45) is 38.7 Å². The number of nitrogens with one attached hydrogen (secondary N) is 3. The van der Waals surface area contributed by atoms with Crippen molar-refractivity contribution in [2.45, 2.75) is 62.9 Å². The second kappa shape index (κ2) is 16.8. The standard InChI is InChI=1S/C19H38N10O7/c1-9(31)13(29-14(32)10(20)8-30)16(34)27-11(4-2-6-25-18(21)22)15(33)28-12(17(35)36)5-3-7-26-19(23)24/h9-13,30-31H,2-8,20H2,1H3,(H,27,34)(H,28,33)(H,29,32)(H,35,36)(H4,21,22,25)(H4,23,24,26). The number of carboxylic acids is 1. The van der Waals surface area contributed by atoms with Crippen LogP contribution in [-0.4, -0.2) is 101 Å². The maximum Gasteiger partial charge on any atom is 0.326 e. The van der Waals surface area contributed by atoms with E-state index < -0.39 is 60.6 Å². The number of hydrogen-bond donors (Lipinski definition) is 11. The van der Waals surface area contributed by atoms with Crippen LogP contribution in [0.3, 0.4) is 0 Å². The van der Waals surface area contributed by atoms with Gasteiger partial charge in [0.15, 0.2) is 11.9 Å². The number of rotatable bonds is 17. The third-order valence-corrected chi connectivity index (χ3v) is 4.73. The Morgan fingerprint density at radius 2 is 1.28 bits per heavy atom. The van der Waals surface area contributed by atoms with Gasteiger partial charge in [-0.1, -0.05) is 0 Å². The van der Waals surface area contributed by atoms with Crippen molar-refractivity contribution < 1.29 is 34.5 Å². The van der Waals surface area contributed by atoms with Crippen molar-refractivity contribution in [1.29, 1.82) is 0 Å². The van der Waals surface area contributed by atoms with Crippen LogP contribution in [0.1, 0.15) is 32.6 Å². The van der Waals surface area contributed by atoms with Crippen molar-refractivity contribution in [1.82, 2.24) is 16.0 Å². The highest BCUT2D eigenvalue weighted by molar-refractivity contribution is 5.94. The van der Waals surface area contributed by atoms with Gasteiger partial charge in [-0.3, -0.25) is 24.4 Å². The molecule has 0 aliphatic heterocycles. The van der Waals surface area contributed by atoms with Gasteiger partial charge in [0.1, 0.15) is 24.2 Å². The van der Waals surface area contributed by atoms with Crippen molar-refractivity contribution in [2.75, 3.05) is 19.7 Å². The van der Waals surface area contributed by atoms with E-state index in [9.17, 15) is 29.4 Å². The van der Waals surface area contributed by atoms with E-state index in [1.807, 2.05) is 0 Å². The molecule has 0 aromatic heterocycles. The molecule has 0 rings (SSSR count). The zero-order chi connectivity index (χ0) is 27.8. The SMILES string of the molecule is CC(O)C(NC(=O)C(N)CO)C(=O)NC(CCCN=C(N)N)C(=O)NC(CCCN=C(N)N)C(=O)O. The fourth-order valence-corrected chi connectivity index (χ4v) is 2.82. The largest absolute Gasteiger partial charge is 0.480 e. The zero-order valence-corrected chi connectivity index (χ0v) is 20.1. The summed E-state index contributed by atoms with van der Waals surface area (Å²) in [5.74, 6) is -4.32. The van der Waals surface area contributed by atoms with E-state index >= 15 is 0 Å². The summed E-state index contributed by atoms with van der Waals surface area (Å²) in [6.45, 7) is 0.784. The average molecular weight is 519 g/mol. The van der Waals surface area contributed by atoms with Crippen molar-refractivity contribution in [3.8, 4) is 0 Å². The van der Waals surface area contributed by atoms with E-state index in [1.165, 1.54) is 6.92 Å². The highest BCUT2D eigenvalue weighted by atomic mass is 16.4. The lowest BCUT2D eigenvalue weighted by atomic mass is 10.1. The highest BCUT2D eigenvalue weighted by Crippen LogP contribution is 2.05. The third-order valence-electron chi connectivity index (χ3n) is 4.73. The molecule has 0 bridgehead atoms. The Morgan fingerprint density at radius 1 is 0.806 bits per heavy atom. The fraction of sp³-hybridized carbons (Fsp3) is 0.684. The molecular weight excluding hydrogens is 480 g/mol. The number of guanidine groups is 2. The number of nitrogens with zero attached hydrogens (tertiary/aromatic N) is 2. The average Bonchev–Trinajstić information content (AvgIpc) is 2.79. The molecule has 36 heavy (non-hydrogen) atoms. The molecule has 17 nitrogen and oxygen atoms in total. The summed E-state index contributed by atoms with van der Waals surface area (Å²) in [6, 6.07) is -5.43. The van der Waals surface area contributed by atoms with Crippen LogP contribution in [0.2, 0.25) is 0 Å². The number of carbonyl (C=O) groups is 4. The minimum absolute atomic E-state index is 0.00206. The molecule has 5 atom stereocenters. The van der Waals surface area contributed by atoms with E-state index in [0.717, 1.165) is 0 Å². The van der Waals surface area contributed by atoms with Crippen LogP contribution in [0, 0.1) is 0 Å². The minimum atomic E-state index is -1.52. The van der Waals surface area contributed by atoms with Crippen LogP contribution in [-0.2, 0) is 19.2 Å². The van der Waals surface area contributed by atoms with E-state index in [-0.39, 0.29) is 50.7 Å². The van der Waals surface area contributed by atoms with E-state index in [4.69, 9.17) is 33.8 Å². The predicted molar refractivity (Wildman–Crippen MR) is 130 cm³/mol. The molecule has 0 aliphatic carbocycles. The summed E-state index contributed by atoms with van der Waals surface area (Å²) in [7, 11) is 0. The Bertz CT molecular complexity index is 797. The molecule has 0 fully saturated rings. The maximum absolute atomic E-state index is 12.9. The maximum atomic E-state index is 12.9. The minimum Gasteiger partial charge on any atom is -0.480 e. The van der Waals surface area contributed by atoms with Gasteiger partial charge in [-0.2, -0.15) is 0 Å². The highest BCUT2D eigenvalue weighted by Gasteiger charge is 2.32. The Labute approximate surface area is 207 Å². The Balaban J connectivity index is 5.52. The van der Waals surface area contributed by atoms with E-state index in [0.29, 0.717) is 0 Å². The van der Waals surface area contributed by atoms with Crippen LogP contribution in [0.4, 0.5) is 0 Å². The number of carboxylic acid groups (broad SMARTS) is 1. The van der Waals surface area contributed by atoms with Gasteiger partial charge in [0, 0.05) is 13.1 Å². The monoisotopic (exact) mass is 518 g/mol. The molecule has 0 aromatic carbocycles. The molecule has 0 aliphatic rings. The number of aliphatic imine (C=N–C) groups is 2. The first-order valence-electron chi connectivity index (χ1n) is 11.1. The molecule has 0 spiro atoms. The van der Waals surface area contributed by atoms with Gasteiger partial charge in [0.05, 0.1) is 12.7 Å². The van der Waals surface area contributed by atoms with Gasteiger partial charge in [0.25, 0.3) is 0 Å². The Morgan fingerprint density at radius 3 is 1.69 bits per heavy atom.